The van der Waals surface area contributed by atoms with Crippen LogP contribution in [0.4, 0.5) is 4.79 Å². The molecule has 1 amide bonds. The van der Waals surface area contributed by atoms with Crippen LogP contribution in [0.1, 0.15) is 65.5 Å². The first-order valence-corrected chi connectivity index (χ1v) is 8.39. The van der Waals surface area contributed by atoms with E-state index in [1.165, 1.54) is 0 Å². The Morgan fingerprint density at radius 3 is 2.74 bits per heavy atom. The number of likely N-dealkylation sites (tertiary alicyclic amines) is 1. The van der Waals surface area contributed by atoms with E-state index in [0.717, 1.165) is 24.8 Å². The predicted octanol–water partition coefficient (Wildman–Crippen LogP) is 4.33. The topological polar surface area (TPSA) is 51.7 Å². The Hall–Kier alpha value is -1.78. The van der Waals surface area contributed by atoms with Crippen LogP contribution in [-0.2, 0) is 4.74 Å². The lowest BCUT2D eigenvalue weighted by molar-refractivity contribution is 0.00907. The van der Waals surface area contributed by atoms with E-state index in [2.05, 4.69) is 4.98 Å². The minimum atomic E-state index is -0.495. The highest BCUT2D eigenvalue weighted by molar-refractivity contribution is 5.69. The van der Waals surface area contributed by atoms with Gasteiger partial charge in [0, 0.05) is 18.3 Å². The van der Waals surface area contributed by atoms with Gasteiger partial charge in [0.05, 0.1) is 12.1 Å². The summed E-state index contributed by atoms with van der Waals surface area (Å²) in [6, 6.07) is 3.85. The van der Waals surface area contributed by atoms with Crippen LogP contribution < -0.4 is 4.74 Å². The van der Waals surface area contributed by atoms with Crippen molar-refractivity contribution in [3.05, 3.63) is 23.9 Å². The van der Waals surface area contributed by atoms with Gasteiger partial charge in [-0.05, 0) is 59.9 Å². The highest BCUT2D eigenvalue weighted by atomic mass is 16.6. The second-order valence-corrected chi connectivity index (χ2v) is 7.25. The number of pyridine rings is 1. The van der Waals surface area contributed by atoms with Crippen molar-refractivity contribution in [1.29, 1.82) is 0 Å². The summed E-state index contributed by atoms with van der Waals surface area (Å²) in [5, 5.41) is 0. The van der Waals surface area contributed by atoms with Crippen molar-refractivity contribution in [2.75, 3.05) is 6.54 Å². The maximum Gasteiger partial charge on any atom is 0.410 e. The van der Waals surface area contributed by atoms with Crippen LogP contribution in [-0.4, -0.2) is 34.2 Å². The normalized spacial score (nSPS) is 18.9. The van der Waals surface area contributed by atoms with Crippen LogP contribution in [0, 0.1) is 0 Å². The molecule has 0 bridgehead atoms. The number of carbonyl (C=O) groups excluding carboxylic acids is 1. The molecule has 2 heterocycles. The molecule has 128 valence electrons. The van der Waals surface area contributed by atoms with E-state index >= 15 is 0 Å². The monoisotopic (exact) mass is 320 g/mol. The Labute approximate surface area is 139 Å². The summed E-state index contributed by atoms with van der Waals surface area (Å²) >= 11 is 0. The van der Waals surface area contributed by atoms with E-state index in [-0.39, 0.29) is 18.2 Å². The molecule has 0 saturated carbocycles. The zero-order valence-electron chi connectivity index (χ0n) is 14.8. The zero-order chi connectivity index (χ0) is 17.0. The lowest BCUT2D eigenvalue weighted by Gasteiger charge is -2.37. The van der Waals surface area contributed by atoms with Crippen molar-refractivity contribution >= 4 is 6.09 Å². The van der Waals surface area contributed by atoms with Gasteiger partial charge >= 0.3 is 6.09 Å². The number of rotatable bonds is 3. The number of amides is 1. The van der Waals surface area contributed by atoms with Gasteiger partial charge in [-0.1, -0.05) is 6.07 Å². The molecule has 0 aliphatic carbocycles. The second kappa shape index (κ2) is 7.20. The van der Waals surface area contributed by atoms with Crippen LogP contribution in [0.3, 0.4) is 0 Å². The molecule has 1 fully saturated rings. The average Bonchev–Trinajstić information content (AvgIpc) is 2.45. The quantitative estimate of drug-likeness (QED) is 0.831. The molecule has 1 aromatic rings. The smallest absolute Gasteiger partial charge is 0.410 e. The molecular weight excluding hydrogens is 292 g/mol. The summed E-state index contributed by atoms with van der Waals surface area (Å²) in [7, 11) is 0. The predicted molar refractivity (Wildman–Crippen MR) is 89.5 cm³/mol. The summed E-state index contributed by atoms with van der Waals surface area (Å²) in [5.41, 5.74) is 0.470. The maximum absolute atomic E-state index is 12.6. The average molecular weight is 320 g/mol. The molecule has 0 N–H and O–H groups in total. The Kier molecular flexibility index (Phi) is 5.50. The Morgan fingerprint density at radius 2 is 2.09 bits per heavy atom. The lowest BCUT2D eigenvalue weighted by atomic mass is 9.96. The lowest BCUT2D eigenvalue weighted by Crippen LogP contribution is -2.42. The molecule has 0 radical (unpaired) electrons. The number of piperidine rings is 1. The third-order valence-electron chi connectivity index (χ3n) is 3.64. The van der Waals surface area contributed by atoms with E-state index in [0.29, 0.717) is 12.4 Å². The van der Waals surface area contributed by atoms with Gasteiger partial charge in [-0.2, -0.15) is 0 Å². The molecule has 0 spiro atoms. The number of carbonyl (C=O) groups is 1. The minimum absolute atomic E-state index is 0.0407. The molecule has 1 aliphatic heterocycles. The third kappa shape index (κ3) is 4.85. The molecule has 23 heavy (non-hydrogen) atoms. The third-order valence-corrected chi connectivity index (χ3v) is 3.64. The largest absolute Gasteiger partial charge is 0.475 e. The van der Waals surface area contributed by atoms with Gasteiger partial charge in [-0.15, -0.1) is 0 Å². The molecule has 2 rings (SSSR count). The fourth-order valence-electron chi connectivity index (χ4n) is 2.77. The van der Waals surface area contributed by atoms with Gasteiger partial charge in [0.25, 0.3) is 0 Å². The number of hydrogen-bond donors (Lipinski definition) is 0. The Balaban J connectivity index is 2.26. The van der Waals surface area contributed by atoms with Crippen LogP contribution in [0.15, 0.2) is 18.3 Å². The van der Waals surface area contributed by atoms with E-state index in [9.17, 15) is 4.79 Å². The zero-order valence-corrected chi connectivity index (χ0v) is 14.8. The first-order chi connectivity index (χ1) is 10.8. The van der Waals surface area contributed by atoms with Gasteiger partial charge in [0.15, 0.2) is 0 Å². The highest BCUT2D eigenvalue weighted by Gasteiger charge is 2.33. The first-order valence-electron chi connectivity index (χ1n) is 8.39. The van der Waals surface area contributed by atoms with Crippen molar-refractivity contribution in [3.8, 4) is 5.88 Å². The van der Waals surface area contributed by atoms with E-state index in [1.54, 1.807) is 6.20 Å². The van der Waals surface area contributed by atoms with E-state index in [1.807, 2.05) is 51.7 Å². The van der Waals surface area contributed by atoms with Crippen molar-refractivity contribution < 1.29 is 14.3 Å². The number of hydrogen-bond acceptors (Lipinski definition) is 4. The van der Waals surface area contributed by atoms with Gasteiger partial charge in [0.2, 0.25) is 5.88 Å². The highest BCUT2D eigenvalue weighted by Crippen LogP contribution is 2.36. The summed E-state index contributed by atoms with van der Waals surface area (Å²) < 4.78 is 11.4. The van der Waals surface area contributed by atoms with Crippen LogP contribution in [0.2, 0.25) is 0 Å². The summed E-state index contributed by atoms with van der Waals surface area (Å²) in [4.78, 5) is 18.8. The summed E-state index contributed by atoms with van der Waals surface area (Å²) in [5.74, 6) is 0.614. The maximum atomic E-state index is 12.6. The summed E-state index contributed by atoms with van der Waals surface area (Å²) in [6.45, 7) is 10.3. The molecular formula is C18H28N2O3. The fourth-order valence-corrected chi connectivity index (χ4v) is 2.77. The summed E-state index contributed by atoms with van der Waals surface area (Å²) in [6.07, 6.45) is 4.49. The molecule has 1 aliphatic rings. The van der Waals surface area contributed by atoms with Crippen molar-refractivity contribution in [1.82, 2.24) is 9.88 Å². The molecule has 0 aromatic carbocycles. The van der Waals surface area contributed by atoms with Gasteiger partial charge in [-0.3, -0.25) is 0 Å². The van der Waals surface area contributed by atoms with Crippen LogP contribution in [0.5, 0.6) is 5.88 Å². The molecule has 1 aromatic heterocycles. The van der Waals surface area contributed by atoms with Crippen LogP contribution in [0.25, 0.3) is 0 Å². The van der Waals surface area contributed by atoms with Crippen molar-refractivity contribution in [2.45, 2.75) is 71.6 Å². The number of ether oxygens (including phenoxy) is 2. The van der Waals surface area contributed by atoms with Gasteiger partial charge in [-0.25, -0.2) is 9.78 Å². The Bertz CT molecular complexity index is 537. The fraction of sp³-hybridized carbons (Fsp3) is 0.667. The SMILES string of the molecule is CC(C)Oc1ncccc1[C@H]1CCCCN1C(=O)OC(C)(C)C. The van der Waals surface area contributed by atoms with Crippen molar-refractivity contribution in [3.63, 3.8) is 0 Å². The van der Waals surface area contributed by atoms with E-state index < -0.39 is 5.60 Å². The van der Waals surface area contributed by atoms with Crippen LogP contribution >= 0.6 is 0 Å². The van der Waals surface area contributed by atoms with Crippen molar-refractivity contribution in [2.24, 2.45) is 0 Å². The number of nitrogens with zero attached hydrogens (tertiary/aromatic N) is 2. The van der Waals surface area contributed by atoms with Gasteiger partial charge < -0.3 is 14.4 Å². The molecule has 0 unspecified atom stereocenters. The molecule has 5 heteroatoms. The van der Waals surface area contributed by atoms with Gasteiger partial charge in [0.1, 0.15) is 5.60 Å². The molecule has 1 atom stereocenters. The minimum Gasteiger partial charge on any atom is -0.475 e. The molecule has 1 saturated heterocycles. The second-order valence-electron chi connectivity index (χ2n) is 7.25. The number of aromatic nitrogens is 1. The standard InChI is InChI=1S/C18H28N2O3/c1-13(2)22-16-14(9-8-11-19-16)15-10-6-7-12-20(15)17(21)23-18(3,4)5/h8-9,11,13,15H,6-7,10,12H2,1-5H3/t15-/m1/s1. The molecule has 5 nitrogen and oxygen atoms in total. The van der Waals surface area contributed by atoms with E-state index in [4.69, 9.17) is 9.47 Å². The first kappa shape index (κ1) is 17.6. The Morgan fingerprint density at radius 1 is 1.35 bits per heavy atom.